The van der Waals surface area contributed by atoms with E-state index in [9.17, 15) is 0 Å². The summed E-state index contributed by atoms with van der Waals surface area (Å²) in [7, 11) is 0. The molecular formula is C13H10Cl3N. The van der Waals surface area contributed by atoms with Crippen molar-refractivity contribution in [3.8, 4) is 0 Å². The highest BCUT2D eigenvalue weighted by atomic mass is 35.5. The SMILES string of the molecule is Clc1ccc(C(Cl)Cc2ccncc2Cl)cc1. The molecule has 0 amide bonds. The van der Waals surface area contributed by atoms with E-state index < -0.39 is 0 Å². The predicted octanol–water partition coefficient (Wildman–Crippen LogP) is 4.91. The molecule has 0 spiro atoms. The molecule has 88 valence electrons. The van der Waals surface area contributed by atoms with Crippen LogP contribution in [0.3, 0.4) is 0 Å². The summed E-state index contributed by atoms with van der Waals surface area (Å²) in [6.07, 6.45) is 4.01. The Labute approximate surface area is 115 Å². The van der Waals surface area contributed by atoms with Gasteiger partial charge in [0.2, 0.25) is 0 Å². The van der Waals surface area contributed by atoms with Crippen LogP contribution >= 0.6 is 34.8 Å². The molecule has 0 N–H and O–H groups in total. The van der Waals surface area contributed by atoms with E-state index in [-0.39, 0.29) is 5.38 Å². The number of rotatable bonds is 3. The third-order valence-electron chi connectivity index (χ3n) is 2.49. The summed E-state index contributed by atoms with van der Waals surface area (Å²) in [5, 5.41) is 1.24. The number of halogens is 3. The fourth-order valence-corrected chi connectivity index (χ4v) is 2.19. The van der Waals surface area contributed by atoms with E-state index in [1.54, 1.807) is 12.4 Å². The molecule has 0 aliphatic heterocycles. The summed E-state index contributed by atoms with van der Waals surface area (Å²) in [4.78, 5) is 3.94. The molecule has 2 aromatic rings. The molecule has 0 bridgehead atoms. The van der Waals surface area contributed by atoms with Gasteiger partial charge in [-0.3, -0.25) is 4.98 Å². The van der Waals surface area contributed by atoms with E-state index in [4.69, 9.17) is 34.8 Å². The summed E-state index contributed by atoms with van der Waals surface area (Å²) in [5.41, 5.74) is 2.03. The summed E-state index contributed by atoms with van der Waals surface area (Å²) in [6.45, 7) is 0. The van der Waals surface area contributed by atoms with Crippen molar-refractivity contribution in [2.45, 2.75) is 11.8 Å². The normalized spacial score (nSPS) is 12.4. The van der Waals surface area contributed by atoms with Crippen molar-refractivity contribution in [2.75, 3.05) is 0 Å². The molecule has 0 saturated heterocycles. The molecule has 1 atom stereocenters. The van der Waals surface area contributed by atoms with Crippen molar-refractivity contribution in [1.29, 1.82) is 0 Å². The standard InChI is InChI=1S/C13H10Cl3N/c14-11-3-1-9(2-4-11)12(15)7-10-5-6-17-8-13(10)16/h1-6,8,12H,7H2. The van der Waals surface area contributed by atoms with Gasteiger partial charge in [-0.1, -0.05) is 35.3 Å². The van der Waals surface area contributed by atoms with Gasteiger partial charge < -0.3 is 0 Å². The zero-order chi connectivity index (χ0) is 12.3. The zero-order valence-corrected chi connectivity index (χ0v) is 11.2. The molecule has 1 nitrogen and oxygen atoms in total. The summed E-state index contributed by atoms with van der Waals surface area (Å²) < 4.78 is 0. The van der Waals surface area contributed by atoms with Gasteiger partial charge in [-0.15, -0.1) is 11.6 Å². The minimum atomic E-state index is -0.118. The van der Waals surface area contributed by atoms with Crippen molar-refractivity contribution in [2.24, 2.45) is 0 Å². The van der Waals surface area contributed by atoms with Crippen LogP contribution in [0.25, 0.3) is 0 Å². The molecule has 1 aromatic heterocycles. The van der Waals surface area contributed by atoms with Crippen molar-refractivity contribution in [1.82, 2.24) is 4.98 Å². The molecule has 0 saturated carbocycles. The maximum atomic E-state index is 6.34. The summed E-state index contributed by atoms with van der Waals surface area (Å²) >= 11 is 18.2. The topological polar surface area (TPSA) is 12.9 Å². The van der Waals surface area contributed by atoms with Crippen LogP contribution < -0.4 is 0 Å². The first-order valence-electron chi connectivity index (χ1n) is 5.15. The first kappa shape index (κ1) is 12.7. The summed E-state index contributed by atoms with van der Waals surface area (Å²) in [6, 6.07) is 9.40. The highest BCUT2D eigenvalue weighted by Gasteiger charge is 2.10. The van der Waals surface area contributed by atoms with E-state index in [0.717, 1.165) is 11.1 Å². The van der Waals surface area contributed by atoms with E-state index >= 15 is 0 Å². The van der Waals surface area contributed by atoms with Crippen LogP contribution in [0.4, 0.5) is 0 Å². The van der Waals surface area contributed by atoms with Gasteiger partial charge in [-0.2, -0.15) is 0 Å². The van der Waals surface area contributed by atoms with Gasteiger partial charge in [-0.25, -0.2) is 0 Å². The van der Waals surface area contributed by atoms with Crippen molar-refractivity contribution >= 4 is 34.8 Å². The molecule has 0 fully saturated rings. The molecular weight excluding hydrogens is 277 g/mol. The third kappa shape index (κ3) is 3.35. The van der Waals surface area contributed by atoms with E-state index in [0.29, 0.717) is 16.5 Å². The van der Waals surface area contributed by atoms with E-state index in [1.807, 2.05) is 30.3 Å². The van der Waals surface area contributed by atoms with Gasteiger partial charge >= 0.3 is 0 Å². The highest BCUT2D eigenvalue weighted by molar-refractivity contribution is 6.31. The number of hydrogen-bond acceptors (Lipinski definition) is 1. The maximum Gasteiger partial charge on any atom is 0.0626 e. The number of benzene rings is 1. The molecule has 1 heterocycles. The lowest BCUT2D eigenvalue weighted by Gasteiger charge is -2.10. The fourth-order valence-electron chi connectivity index (χ4n) is 1.55. The maximum absolute atomic E-state index is 6.34. The highest BCUT2D eigenvalue weighted by Crippen LogP contribution is 2.28. The van der Waals surface area contributed by atoms with Crippen molar-refractivity contribution < 1.29 is 0 Å². The smallest absolute Gasteiger partial charge is 0.0626 e. The van der Waals surface area contributed by atoms with Crippen LogP contribution in [0.15, 0.2) is 42.7 Å². The van der Waals surface area contributed by atoms with Gasteiger partial charge in [0.1, 0.15) is 0 Å². The second kappa shape index (κ2) is 5.72. The lowest BCUT2D eigenvalue weighted by Crippen LogP contribution is -1.96. The monoisotopic (exact) mass is 285 g/mol. The second-order valence-corrected chi connectivity index (χ2v) is 5.06. The van der Waals surface area contributed by atoms with Crippen LogP contribution in [0.1, 0.15) is 16.5 Å². The minimum Gasteiger partial charge on any atom is -0.263 e. The Kier molecular flexibility index (Phi) is 4.27. The average Bonchev–Trinajstić information content (AvgIpc) is 2.33. The number of pyridine rings is 1. The Bertz CT molecular complexity index is 496. The Morgan fingerprint density at radius 2 is 1.76 bits per heavy atom. The second-order valence-electron chi connectivity index (χ2n) is 3.69. The molecule has 2 rings (SSSR count). The molecule has 1 unspecified atom stereocenters. The first-order chi connectivity index (χ1) is 8.16. The Balaban J connectivity index is 2.14. The number of nitrogens with zero attached hydrogens (tertiary/aromatic N) is 1. The summed E-state index contributed by atoms with van der Waals surface area (Å²) in [5.74, 6) is 0. The Morgan fingerprint density at radius 3 is 2.41 bits per heavy atom. The number of hydrogen-bond donors (Lipinski definition) is 0. The quantitative estimate of drug-likeness (QED) is 0.731. The van der Waals surface area contributed by atoms with Crippen LogP contribution in [0.5, 0.6) is 0 Å². The first-order valence-corrected chi connectivity index (χ1v) is 6.34. The van der Waals surface area contributed by atoms with Crippen LogP contribution in [-0.4, -0.2) is 4.98 Å². The average molecular weight is 287 g/mol. The molecule has 0 radical (unpaired) electrons. The minimum absolute atomic E-state index is 0.118. The van der Waals surface area contributed by atoms with Gasteiger partial charge in [0, 0.05) is 17.4 Å². The van der Waals surface area contributed by atoms with Gasteiger partial charge in [-0.05, 0) is 35.7 Å². The number of aromatic nitrogens is 1. The fraction of sp³-hybridized carbons (Fsp3) is 0.154. The molecule has 0 aliphatic carbocycles. The van der Waals surface area contributed by atoms with Crippen LogP contribution in [-0.2, 0) is 6.42 Å². The molecule has 0 aliphatic rings. The van der Waals surface area contributed by atoms with E-state index in [2.05, 4.69) is 4.98 Å². The molecule has 17 heavy (non-hydrogen) atoms. The van der Waals surface area contributed by atoms with Crippen LogP contribution in [0.2, 0.25) is 10.0 Å². The molecule has 1 aromatic carbocycles. The Hall–Kier alpha value is -0.760. The lowest BCUT2D eigenvalue weighted by atomic mass is 10.1. The van der Waals surface area contributed by atoms with E-state index in [1.165, 1.54) is 0 Å². The van der Waals surface area contributed by atoms with Crippen molar-refractivity contribution in [3.63, 3.8) is 0 Å². The lowest BCUT2D eigenvalue weighted by molar-refractivity contribution is 0.916. The zero-order valence-electron chi connectivity index (χ0n) is 8.91. The van der Waals surface area contributed by atoms with Crippen molar-refractivity contribution in [3.05, 3.63) is 63.9 Å². The van der Waals surface area contributed by atoms with Gasteiger partial charge in [0.15, 0.2) is 0 Å². The Morgan fingerprint density at radius 1 is 1.06 bits per heavy atom. The van der Waals surface area contributed by atoms with Gasteiger partial charge in [0.05, 0.1) is 10.4 Å². The largest absolute Gasteiger partial charge is 0.263 e. The number of alkyl halides is 1. The van der Waals surface area contributed by atoms with Gasteiger partial charge in [0.25, 0.3) is 0 Å². The van der Waals surface area contributed by atoms with Crippen LogP contribution in [0, 0.1) is 0 Å². The third-order valence-corrected chi connectivity index (χ3v) is 3.49. The molecule has 4 heteroatoms. The predicted molar refractivity (Wildman–Crippen MR) is 73.0 cm³/mol.